The summed E-state index contributed by atoms with van der Waals surface area (Å²) in [5, 5.41) is 12.5. The summed E-state index contributed by atoms with van der Waals surface area (Å²) in [6, 6.07) is 5.65. The van der Waals surface area contributed by atoms with Crippen LogP contribution in [0.5, 0.6) is 0 Å². The number of nitriles is 1. The Hall–Kier alpha value is -1.84. The molecule has 21 heavy (non-hydrogen) atoms. The Kier molecular flexibility index (Phi) is 4.23. The monoisotopic (exact) mass is 319 g/mol. The van der Waals surface area contributed by atoms with Crippen LogP contribution < -0.4 is 9.80 Å². The lowest BCUT2D eigenvalue weighted by atomic mass is 10.3. The molecule has 3 heterocycles. The van der Waals surface area contributed by atoms with Gasteiger partial charge in [0.1, 0.15) is 11.9 Å². The average Bonchev–Trinajstić information content (AvgIpc) is 2.93. The summed E-state index contributed by atoms with van der Waals surface area (Å²) >= 11 is 7.60. The third-order valence-electron chi connectivity index (χ3n) is 3.45. The Labute approximate surface area is 132 Å². The summed E-state index contributed by atoms with van der Waals surface area (Å²) in [6.45, 7) is 3.67. The van der Waals surface area contributed by atoms with Crippen LogP contribution in [0.2, 0.25) is 5.02 Å². The summed E-state index contributed by atoms with van der Waals surface area (Å²) in [6.07, 6.45) is 2.87. The van der Waals surface area contributed by atoms with Crippen LogP contribution in [-0.4, -0.2) is 36.1 Å². The first-order valence-electron chi connectivity index (χ1n) is 6.74. The number of hydrogen-bond acceptors (Lipinski definition) is 6. The van der Waals surface area contributed by atoms with Crippen molar-refractivity contribution in [3.05, 3.63) is 34.4 Å². The van der Waals surface area contributed by atoms with E-state index in [0.717, 1.165) is 43.5 Å². The third-order valence-corrected chi connectivity index (χ3v) is 4.58. The highest BCUT2D eigenvalue weighted by molar-refractivity contribution is 7.13. The molecule has 0 spiro atoms. The fourth-order valence-corrected chi connectivity index (χ4v) is 3.24. The predicted octanol–water partition coefficient (Wildman–Crippen LogP) is 2.78. The average molecular weight is 320 g/mol. The third kappa shape index (κ3) is 3.09. The standard InChI is InChI=1S/C14H14ClN5S/c15-11-2-3-13(18-12(11)10-16)19-5-1-6-20(8-7-19)14-17-4-9-21-14/h2-4,9H,1,5-8H2. The number of thiazole rings is 1. The Bertz CT molecular complexity index is 652. The van der Waals surface area contributed by atoms with Gasteiger partial charge < -0.3 is 9.80 Å². The normalized spacial score (nSPS) is 15.6. The molecule has 108 valence electrons. The zero-order valence-electron chi connectivity index (χ0n) is 11.4. The van der Waals surface area contributed by atoms with E-state index in [1.54, 1.807) is 17.4 Å². The minimum absolute atomic E-state index is 0.287. The first kappa shape index (κ1) is 14.1. The van der Waals surface area contributed by atoms with Crippen molar-refractivity contribution in [1.82, 2.24) is 9.97 Å². The van der Waals surface area contributed by atoms with Gasteiger partial charge in [-0.05, 0) is 18.6 Å². The maximum absolute atomic E-state index is 9.03. The summed E-state index contributed by atoms with van der Waals surface area (Å²) in [5.74, 6) is 0.817. The number of aromatic nitrogens is 2. The van der Waals surface area contributed by atoms with Crippen molar-refractivity contribution in [3.63, 3.8) is 0 Å². The van der Waals surface area contributed by atoms with Gasteiger partial charge in [0.05, 0.1) is 5.02 Å². The molecule has 0 radical (unpaired) electrons. The maximum atomic E-state index is 9.03. The van der Waals surface area contributed by atoms with E-state index in [2.05, 4.69) is 19.8 Å². The minimum atomic E-state index is 0.287. The molecule has 3 rings (SSSR count). The predicted molar refractivity (Wildman–Crippen MR) is 85.1 cm³/mol. The molecule has 1 aliphatic rings. The summed E-state index contributed by atoms with van der Waals surface area (Å²) < 4.78 is 0. The van der Waals surface area contributed by atoms with Gasteiger partial charge in [-0.15, -0.1) is 11.3 Å². The highest BCUT2D eigenvalue weighted by Gasteiger charge is 2.18. The molecule has 0 aliphatic carbocycles. The second-order valence-corrected chi connectivity index (χ2v) is 6.03. The molecule has 7 heteroatoms. The number of nitrogens with zero attached hydrogens (tertiary/aromatic N) is 5. The van der Waals surface area contributed by atoms with Crippen LogP contribution >= 0.6 is 22.9 Å². The highest BCUT2D eigenvalue weighted by atomic mass is 35.5. The molecule has 0 atom stereocenters. The van der Waals surface area contributed by atoms with E-state index < -0.39 is 0 Å². The first-order valence-corrected chi connectivity index (χ1v) is 8.00. The van der Waals surface area contributed by atoms with Gasteiger partial charge in [0, 0.05) is 37.8 Å². The molecule has 0 unspecified atom stereocenters. The van der Waals surface area contributed by atoms with Crippen molar-refractivity contribution in [2.45, 2.75) is 6.42 Å². The smallest absolute Gasteiger partial charge is 0.185 e. The number of rotatable bonds is 2. The second-order valence-electron chi connectivity index (χ2n) is 4.75. The molecule has 1 saturated heterocycles. The first-order chi connectivity index (χ1) is 10.3. The van der Waals surface area contributed by atoms with Crippen molar-refractivity contribution in [2.75, 3.05) is 36.0 Å². The summed E-state index contributed by atoms with van der Waals surface area (Å²) in [5.41, 5.74) is 0.287. The van der Waals surface area contributed by atoms with Crippen LogP contribution in [0.4, 0.5) is 10.9 Å². The van der Waals surface area contributed by atoms with Crippen molar-refractivity contribution in [1.29, 1.82) is 5.26 Å². The molecule has 1 fully saturated rings. The molecular formula is C14H14ClN5S. The SMILES string of the molecule is N#Cc1nc(N2CCCN(c3nccs3)CC2)ccc1Cl. The zero-order chi connectivity index (χ0) is 14.7. The van der Waals surface area contributed by atoms with Crippen molar-refractivity contribution >= 4 is 33.9 Å². The fourth-order valence-electron chi connectivity index (χ4n) is 2.40. The van der Waals surface area contributed by atoms with Crippen molar-refractivity contribution < 1.29 is 0 Å². The van der Waals surface area contributed by atoms with Gasteiger partial charge >= 0.3 is 0 Å². The number of anilines is 2. The lowest BCUT2D eigenvalue weighted by Gasteiger charge is -2.22. The maximum Gasteiger partial charge on any atom is 0.185 e. The van der Waals surface area contributed by atoms with E-state index in [1.165, 1.54) is 0 Å². The number of halogens is 1. The Morgan fingerprint density at radius 3 is 2.76 bits per heavy atom. The van der Waals surface area contributed by atoms with Gasteiger partial charge in [0.15, 0.2) is 10.8 Å². The minimum Gasteiger partial charge on any atom is -0.355 e. The molecule has 1 aliphatic heterocycles. The van der Waals surface area contributed by atoms with Gasteiger partial charge in [-0.25, -0.2) is 9.97 Å². The fraction of sp³-hybridized carbons (Fsp3) is 0.357. The van der Waals surface area contributed by atoms with Crippen LogP contribution in [0.1, 0.15) is 12.1 Å². The second kappa shape index (κ2) is 6.29. The van der Waals surface area contributed by atoms with Crippen LogP contribution in [0.3, 0.4) is 0 Å². The molecule has 0 saturated carbocycles. The quantitative estimate of drug-likeness (QED) is 0.852. The Morgan fingerprint density at radius 1 is 1.19 bits per heavy atom. The lowest BCUT2D eigenvalue weighted by Crippen LogP contribution is -2.31. The zero-order valence-corrected chi connectivity index (χ0v) is 12.9. The number of hydrogen-bond donors (Lipinski definition) is 0. The molecule has 0 N–H and O–H groups in total. The molecular weight excluding hydrogens is 306 g/mol. The van der Waals surface area contributed by atoms with E-state index in [4.69, 9.17) is 16.9 Å². The molecule has 0 bridgehead atoms. The van der Waals surface area contributed by atoms with Crippen LogP contribution in [-0.2, 0) is 0 Å². The topological polar surface area (TPSA) is 56.1 Å². The Morgan fingerprint density at radius 2 is 2.00 bits per heavy atom. The van der Waals surface area contributed by atoms with Gasteiger partial charge in [-0.2, -0.15) is 5.26 Å². The molecule has 5 nitrogen and oxygen atoms in total. The van der Waals surface area contributed by atoms with E-state index in [9.17, 15) is 0 Å². The van der Waals surface area contributed by atoms with Gasteiger partial charge in [0.25, 0.3) is 0 Å². The summed E-state index contributed by atoms with van der Waals surface area (Å²) in [4.78, 5) is 13.2. The lowest BCUT2D eigenvalue weighted by molar-refractivity contribution is 0.796. The van der Waals surface area contributed by atoms with E-state index in [1.807, 2.05) is 23.7 Å². The van der Waals surface area contributed by atoms with Gasteiger partial charge in [-0.3, -0.25) is 0 Å². The molecule has 2 aromatic rings. The van der Waals surface area contributed by atoms with Crippen LogP contribution in [0.25, 0.3) is 0 Å². The largest absolute Gasteiger partial charge is 0.355 e. The van der Waals surface area contributed by atoms with Crippen molar-refractivity contribution in [3.8, 4) is 6.07 Å². The van der Waals surface area contributed by atoms with Gasteiger partial charge in [0.2, 0.25) is 0 Å². The number of pyridine rings is 1. The van der Waals surface area contributed by atoms with E-state index in [0.29, 0.717) is 5.02 Å². The van der Waals surface area contributed by atoms with Crippen molar-refractivity contribution in [2.24, 2.45) is 0 Å². The Balaban J connectivity index is 1.74. The summed E-state index contributed by atoms with van der Waals surface area (Å²) in [7, 11) is 0. The van der Waals surface area contributed by atoms with Crippen LogP contribution in [0, 0.1) is 11.3 Å². The molecule has 2 aromatic heterocycles. The van der Waals surface area contributed by atoms with E-state index in [-0.39, 0.29) is 5.69 Å². The highest BCUT2D eigenvalue weighted by Crippen LogP contribution is 2.22. The van der Waals surface area contributed by atoms with Crippen LogP contribution in [0.15, 0.2) is 23.7 Å². The molecule has 0 amide bonds. The van der Waals surface area contributed by atoms with E-state index >= 15 is 0 Å². The van der Waals surface area contributed by atoms with Gasteiger partial charge in [-0.1, -0.05) is 11.6 Å². The molecule has 0 aromatic carbocycles.